The molecule has 0 aromatic heterocycles. The topological polar surface area (TPSA) is 49.4 Å². The molecule has 0 spiro atoms. The molecule has 4 rings (SSSR count). The van der Waals surface area contributed by atoms with Gasteiger partial charge in [-0.15, -0.1) is 0 Å². The minimum Gasteiger partial charge on any atom is -0.298 e. The van der Waals surface area contributed by atoms with Crippen molar-refractivity contribution >= 4 is 10.0 Å². The van der Waals surface area contributed by atoms with Crippen molar-refractivity contribution in [2.45, 2.75) is 17.4 Å². The number of rotatable bonds is 2. The van der Waals surface area contributed by atoms with Crippen LogP contribution in [0.25, 0.3) is 0 Å². The first-order valence-corrected chi connectivity index (χ1v) is 9.47. The first kappa shape index (κ1) is 14.9. The van der Waals surface area contributed by atoms with Gasteiger partial charge in [-0.3, -0.25) is 4.90 Å². The monoisotopic (exact) mass is 328 g/mol. The molecule has 0 radical (unpaired) electrons. The van der Waals surface area contributed by atoms with Gasteiger partial charge in [0.15, 0.2) is 0 Å². The highest BCUT2D eigenvalue weighted by molar-refractivity contribution is 7.89. The number of likely N-dealkylation sites (tertiary alicyclic amines) is 1. The highest BCUT2D eigenvalue weighted by Gasteiger charge is 2.39. The molecule has 1 saturated heterocycles. The molecule has 120 valence electrons. The quantitative estimate of drug-likeness (QED) is 0.919. The highest BCUT2D eigenvalue weighted by atomic mass is 32.2. The zero-order chi connectivity index (χ0) is 15.9. The number of fused-ring (bicyclic) bond motifs is 3. The smallest absolute Gasteiger partial charge is 0.240 e. The van der Waals surface area contributed by atoms with E-state index in [4.69, 9.17) is 0 Å². The number of benzene rings is 2. The predicted molar refractivity (Wildman–Crippen MR) is 89.6 cm³/mol. The van der Waals surface area contributed by atoms with Crippen LogP contribution in [0.1, 0.15) is 17.0 Å². The van der Waals surface area contributed by atoms with Crippen molar-refractivity contribution in [2.75, 3.05) is 19.6 Å². The fraction of sp³-hybridized carbons (Fsp3) is 0.333. The van der Waals surface area contributed by atoms with Gasteiger partial charge in [-0.05, 0) is 23.1 Å². The van der Waals surface area contributed by atoms with Crippen molar-refractivity contribution < 1.29 is 8.42 Å². The third kappa shape index (κ3) is 2.80. The summed E-state index contributed by atoms with van der Waals surface area (Å²) >= 11 is 0. The molecule has 0 amide bonds. The summed E-state index contributed by atoms with van der Waals surface area (Å²) in [6.07, 6.45) is 0. The van der Waals surface area contributed by atoms with Crippen molar-refractivity contribution in [1.29, 1.82) is 0 Å². The molecule has 0 aliphatic carbocycles. The Morgan fingerprint density at radius 1 is 1.00 bits per heavy atom. The SMILES string of the molecule is O=S1(=O)NC[C@@H]2CN(Cc3ccccc3)C[C@H]2c2ccccc21. The molecule has 0 bridgehead atoms. The van der Waals surface area contributed by atoms with Crippen molar-refractivity contribution in [3.05, 3.63) is 65.7 Å². The summed E-state index contributed by atoms with van der Waals surface area (Å²) in [6, 6.07) is 17.9. The standard InChI is InChI=1S/C18H20N2O2S/c21-23(22)18-9-5-4-8-16(18)17-13-20(12-15(17)10-19-23)11-14-6-2-1-3-7-14/h1-9,15,17,19H,10-13H2/t15-,17-/m1/s1. The second-order valence-electron chi connectivity index (χ2n) is 6.44. The van der Waals surface area contributed by atoms with E-state index in [0.717, 1.165) is 25.2 Å². The number of nitrogens with one attached hydrogen (secondary N) is 1. The van der Waals surface area contributed by atoms with Crippen LogP contribution in [0.4, 0.5) is 0 Å². The zero-order valence-corrected chi connectivity index (χ0v) is 13.7. The third-order valence-corrected chi connectivity index (χ3v) is 6.41. The summed E-state index contributed by atoms with van der Waals surface area (Å²) in [5.41, 5.74) is 2.27. The average molecular weight is 328 g/mol. The maximum Gasteiger partial charge on any atom is 0.240 e. The van der Waals surface area contributed by atoms with E-state index in [1.54, 1.807) is 12.1 Å². The van der Waals surface area contributed by atoms with Crippen LogP contribution in [-0.2, 0) is 16.6 Å². The van der Waals surface area contributed by atoms with E-state index in [9.17, 15) is 8.42 Å². The van der Waals surface area contributed by atoms with Crippen LogP contribution >= 0.6 is 0 Å². The van der Waals surface area contributed by atoms with E-state index < -0.39 is 10.0 Å². The second-order valence-corrected chi connectivity index (χ2v) is 8.17. The molecular formula is C18H20N2O2S. The van der Waals surface area contributed by atoms with E-state index in [0.29, 0.717) is 17.4 Å². The van der Waals surface area contributed by atoms with Gasteiger partial charge in [0.2, 0.25) is 10.0 Å². The molecule has 4 nitrogen and oxygen atoms in total. The number of sulfonamides is 1. The van der Waals surface area contributed by atoms with Gasteiger partial charge in [-0.25, -0.2) is 13.1 Å². The van der Waals surface area contributed by atoms with Gasteiger partial charge >= 0.3 is 0 Å². The van der Waals surface area contributed by atoms with Gasteiger partial charge in [-0.2, -0.15) is 0 Å². The van der Waals surface area contributed by atoms with Crippen LogP contribution in [0.15, 0.2) is 59.5 Å². The van der Waals surface area contributed by atoms with Gasteiger partial charge in [0.1, 0.15) is 0 Å². The van der Waals surface area contributed by atoms with Crippen molar-refractivity contribution in [3.8, 4) is 0 Å². The minimum absolute atomic E-state index is 0.277. The van der Waals surface area contributed by atoms with Crippen molar-refractivity contribution in [3.63, 3.8) is 0 Å². The van der Waals surface area contributed by atoms with Crippen LogP contribution in [0, 0.1) is 5.92 Å². The maximum absolute atomic E-state index is 12.4. The lowest BCUT2D eigenvalue weighted by molar-refractivity contribution is 0.315. The van der Waals surface area contributed by atoms with Gasteiger partial charge in [0, 0.05) is 32.1 Å². The zero-order valence-electron chi connectivity index (χ0n) is 12.9. The third-order valence-electron chi connectivity index (χ3n) is 4.91. The van der Waals surface area contributed by atoms with Crippen molar-refractivity contribution in [2.24, 2.45) is 5.92 Å². The number of hydrogen-bond acceptors (Lipinski definition) is 3. The normalized spacial score (nSPS) is 26.3. The Bertz CT molecular complexity index is 805. The van der Waals surface area contributed by atoms with Crippen LogP contribution in [0.3, 0.4) is 0 Å². The molecule has 2 aromatic rings. The Morgan fingerprint density at radius 2 is 1.74 bits per heavy atom. The molecule has 2 heterocycles. The van der Waals surface area contributed by atoms with Gasteiger partial charge in [-0.1, -0.05) is 48.5 Å². The van der Waals surface area contributed by atoms with E-state index in [1.165, 1.54) is 5.56 Å². The Labute approximate surface area is 137 Å². The molecule has 1 N–H and O–H groups in total. The van der Waals surface area contributed by atoms with Crippen molar-refractivity contribution in [1.82, 2.24) is 9.62 Å². The molecular weight excluding hydrogens is 308 g/mol. The molecule has 2 aliphatic heterocycles. The lowest BCUT2D eigenvalue weighted by Crippen LogP contribution is -2.29. The average Bonchev–Trinajstić information content (AvgIpc) is 2.92. The largest absolute Gasteiger partial charge is 0.298 e. The summed E-state index contributed by atoms with van der Waals surface area (Å²) in [6.45, 7) is 3.28. The number of hydrogen-bond donors (Lipinski definition) is 1. The summed E-state index contributed by atoms with van der Waals surface area (Å²) in [4.78, 5) is 2.88. The Morgan fingerprint density at radius 3 is 2.57 bits per heavy atom. The minimum atomic E-state index is -3.37. The van der Waals surface area contributed by atoms with E-state index in [2.05, 4.69) is 33.9 Å². The van der Waals surface area contributed by atoms with Crippen LogP contribution in [0.2, 0.25) is 0 Å². The summed E-state index contributed by atoms with van der Waals surface area (Å²) in [5, 5.41) is 0. The molecule has 0 unspecified atom stereocenters. The maximum atomic E-state index is 12.4. The summed E-state index contributed by atoms with van der Waals surface area (Å²) < 4.78 is 27.5. The Kier molecular flexibility index (Phi) is 3.71. The van der Waals surface area contributed by atoms with Crippen LogP contribution in [-0.4, -0.2) is 33.0 Å². The number of nitrogens with zero attached hydrogens (tertiary/aromatic N) is 1. The second kappa shape index (κ2) is 5.74. The van der Waals surface area contributed by atoms with Crippen LogP contribution in [0.5, 0.6) is 0 Å². The molecule has 23 heavy (non-hydrogen) atoms. The van der Waals surface area contributed by atoms with Gasteiger partial charge < -0.3 is 0 Å². The molecule has 0 saturated carbocycles. The fourth-order valence-electron chi connectivity index (χ4n) is 3.82. The first-order chi connectivity index (χ1) is 11.1. The van der Waals surface area contributed by atoms with Gasteiger partial charge in [0.25, 0.3) is 0 Å². The Balaban J connectivity index is 1.63. The molecule has 1 fully saturated rings. The van der Waals surface area contributed by atoms with Gasteiger partial charge in [0.05, 0.1) is 4.90 Å². The van der Waals surface area contributed by atoms with E-state index in [1.807, 2.05) is 18.2 Å². The molecule has 2 aliphatic rings. The van der Waals surface area contributed by atoms with E-state index in [-0.39, 0.29) is 5.92 Å². The molecule has 5 heteroatoms. The lowest BCUT2D eigenvalue weighted by Gasteiger charge is -2.17. The van der Waals surface area contributed by atoms with E-state index >= 15 is 0 Å². The molecule has 2 atom stereocenters. The highest BCUT2D eigenvalue weighted by Crippen LogP contribution is 2.38. The lowest BCUT2D eigenvalue weighted by atomic mass is 9.89. The Hall–Kier alpha value is -1.69. The molecule has 2 aromatic carbocycles. The van der Waals surface area contributed by atoms with Crippen LogP contribution < -0.4 is 4.72 Å². The summed E-state index contributed by atoms with van der Waals surface area (Å²) in [7, 11) is -3.37. The first-order valence-electron chi connectivity index (χ1n) is 7.98. The summed E-state index contributed by atoms with van der Waals surface area (Å²) in [5.74, 6) is 0.608. The predicted octanol–water partition coefficient (Wildman–Crippen LogP) is 2.19. The fourth-order valence-corrected chi connectivity index (χ4v) is 5.19.